The van der Waals surface area contributed by atoms with Crippen molar-refractivity contribution in [1.29, 1.82) is 0 Å². The topological polar surface area (TPSA) is 21.3 Å². The lowest BCUT2D eigenvalue weighted by molar-refractivity contribution is 0.306. The van der Waals surface area contributed by atoms with Gasteiger partial charge in [-0.15, -0.1) is 11.3 Å². The van der Waals surface area contributed by atoms with Crippen LogP contribution in [-0.2, 0) is 6.54 Å². The summed E-state index contributed by atoms with van der Waals surface area (Å²) in [6.07, 6.45) is 3.61. The zero-order valence-corrected chi connectivity index (χ0v) is 13.8. The Morgan fingerprint density at radius 2 is 1.95 bits per heavy atom. The lowest BCUT2D eigenvalue weighted by Gasteiger charge is -2.12. The van der Waals surface area contributed by atoms with E-state index in [-0.39, 0.29) is 0 Å². The van der Waals surface area contributed by atoms with Crippen LogP contribution in [-0.4, -0.2) is 6.61 Å². The normalized spacial score (nSPS) is 12.3. The molecule has 0 aliphatic heterocycles. The van der Waals surface area contributed by atoms with Crippen molar-refractivity contribution in [2.24, 2.45) is 0 Å². The standard InChI is InChI=1S/C18H25NOS/c1-3-4-5-12-20-17-10-8-16(9-11-17)14-19-15(2)18-7-6-13-21-18/h6-11,13,15,19H,3-5,12,14H2,1-2H3/t15-/m0/s1. The number of hydrogen-bond acceptors (Lipinski definition) is 3. The third kappa shape index (κ3) is 5.52. The van der Waals surface area contributed by atoms with Gasteiger partial charge in [0.05, 0.1) is 6.61 Å². The molecule has 2 nitrogen and oxygen atoms in total. The highest BCUT2D eigenvalue weighted by Gasteiger charge is 2.05. The van der Waals surface area contributed by atoms with Crippen LogP contribution >= 0.6 is 11.3 Å². The molecule has 2 rings (SSSR count). The average molecular weight is 303 g/mol. The van der Waals surface area contributed by atoms with Gasteiger partial charge in [0.15, 0.2) is 0 Å². The molecule has 1 N–H and O–H groups in total. The van der Waals surface area contributed by atoms with Crippen LogP contribution in [0.15, 0.2) is 41.8 Å². The van der Waals surface area contributed by atoms with Crippen molar-refractivity contribution in [2.45, 2.75) is 45.7 Å². The average Bonchev–Trinajstić information content (AvgIpc) is 3.05. The Morgan fingerprint density at radius 1 is 1.14 bits per heavy atom. The van der Waals surface area contributed by atoms with Gasteiger partial charge in [0.25, 0.3) is 0 Å². The van der Waals surface area contributed by atoms with E-state index in [1.54, 1.807) is 11.3 Å². The molecule has 0 saturated heterocycles. The SMILES string of the molecule is CCCCCOc1ccc(CN[C@@H](C)c2cccs2)cc1. The van der Waals surface area contributed by atoms with Gasteiger partial charge in [-0.3, -0.25) is 0 Å². The zero-order valence-electron chi connectivity index (χ0n) is 13.0. The van der Waals surface area contributed by atoms with Gasteiger partial charge < -0.3 is 10.1 Å². The number of rotatable bonds is 9. The highest BCUT2D eigenvalue weighted by Crippen LogP contribution is 2.19. The summed E-state index contributed by atoms with van der Waals surface area (Å²) in [6.45, 7) is 6.12. The summed E-state index contributed by atoms with van der Waals surface area (Å²) < 4.78 is 5.73. The van der Waals surface area contributed by atoms with E-state index < -0.39 is 0 Å². The van der Waals surface area contributed by atoms with E-state index in [0.29, 0.717) is 6.04 Å². The van der Waals surface area contributed by atoms with Crippen LogP contribution < -0.4 is 10.1 Å². The number of ether oxygens (including phenoxy) is 1. The number of hydrogen-bond donors (Lipinski definition) is 1. The molecule has 114 valence electrons. The number of thiophene rings is 1. The van der Waals surface area contributed by atoms with Crippen molar-refractivity contribution in [3.05, 3.63) is 52.2 Å². The molecule has 1 heterocycles. The van der Waals surface area contributed by atoms with Gasteiger partial charge in [0.1, 0.15) is 5.75 Å². The molecule has 0 aliphatic rings. The van der Waals surface area contributed by atoms with Crippen molar-refractivity contribution in [3.63, 3.8) is 0 Å². The molecule has 21 heavy (non-hydrogen) atoms. The van der Waals surface area contributed by atoms with E-state index in [9.17, 15) is 0 Å². The predicted octanol–water partition coefficient (Wildman–Crippen LogP) is 5.17. The summed E-state index contributed by atoms with van der Waals surface area (Å²) in [6, 6.07) is 13.1. The molecule has 1 atom stereocenters. The van der Waals surface area contributed by atoms with Gasteiger partial charge in [-0.25, -0.2) is 0 Å². The second-order valence-electron chi connectivity index (χ2n) is 5.32. The molecule has 2 aromatic rings. The van der Waals surface area contributed by atoms with Gasteiger partial charge >= 0.3 is 0 Å². The summed E-state index contributed by atoms with van der Waals surface area (Å²) in [7, 11) is 0. The molecular weight excluding hydrogens is 278 g/mol. The minimum absolute atomic E-state index is 0.398. The first kappa shape index (κ1) is 16.1. The molecule has 0 bridgehead atoms. The third-order valence-electron chi connectivity index (χ3n) is 3.52. The molecule has 1 aromatic carbocycles. The van der Waals surface area contributed by atoms with Crippen LogP contribution in [0.3, 0.4) is 0 Å². The number of benzene rings is 1. The van der Waals surface area contributed by atoms with Crippen LogP contribution in [0.1, 0.15) is 49.6 Å². The molecule has 0 amide bonds. The minimum Gasteiger partial charge on any atom is -0.494 e. The lowest BCUT2D eigenvalue weighted by Crippen LogP contribution is -2.17. The first-order valence-corrected chi connectivity index (χ1v) is 8.66. The maximum atomic E-state index is 5.73. The van der Waals surface area contributed by atoms with E-state index in [0.717, 1.165) is 25.3 Å². The summed E-state index contributed by atoms with van der Waals surface area (Å²) >= 11 is 1.80. The fourth-order valence-corrected chi connectivity index (χ4v) is 2.91. The first-order valence-electron chi connectivity index (χ1n) is 7.78. The maximum Gasteiger partial charge on any atom is 0.119 e. The van der Waals surface area contributed by atoms with Crippen molar-refractivity contribution >= 4 is 11.3 Å². The van der Waals surface area contributed by atoms with Crippen molar-refractivity contribution < 1.29 is 4.74 Å². The summed E-state index contributed by atoms with van der Waals surface area (Å²) in [4.78, 5) is 1.38. The molecule has 1 aromatic heterocycles. The van der Waals surface area contributed by atoms with E-state index in [2.05, 4.69) is 60.9 Å². The Kier molecular flexibility index (Phi) is 6.77. The molecule has 0 radical (unpaired) electrons. The Labute approximate surface area is 132 Å². The Hall–Kier alpha value is -1.32. The minimum atomic E-state index is 0.398. The van der Waals surface area contributed by atoms with E-state index in [4.69, 9.17) is 4.74 Å². The third-order valence-corrected chi connectivity index (χ3v) is 4.58. The van der Waals surface area contributed by atoms with Gasteiger partial charge in [-0.05, 0) is 42.5 Å². The molecular formula is C18H25NOS. The Balaban J connectivity index is 1.74. The second-order valence-corrected chi connectivity index (χ2v) is 6.30. The molecule has 3 heteroatoms. The van der Waals surface area contributed by atoms with Gasteiger partial charge in [-0.1, -0.05) is 38.0 Å². The smallest absolute Gasteiger partial charge is 0.119 e. The predicted molar refractivity (Wildman–Crippen MR) is 91.0 cm³/mol. The van der Waals surface area contributed by atoms with Crippen molar-refractivity contribution in [2.75, 3.05) is 6.61 Å². The monoisotopic (exact) mass is 303 g/mol. The van der Waals surface area contributed by atoms with Gasteiger partial charge in [0.2, 0.25) is 0 Å². The fourth-order valence-electron chi connectivity index (χ4n) is 2.15. The van der Waals surface area contributed by atoms with E-state index in [1.807, 2.05) is 0 Å². The summed E-state index contributed by atoms with van der Waals surface area (Å²) in [5.74, 6) is 0.973. The number of nitrogens with one attached hydrogen (secondary N) is 1. The fraction of sp³-hybridized carbons (Fsp3) is 0.444. The maximum absolute atomic E-state index is 5.73. The van der Waals surface area contributed by atoms with Crippen molar-refractivity contribution in [3.8, 4) is 5.75 Å². The Bertz CT molecular complexity index is 492. The largest absolute Gasteiger partial charge is 0.494 e. The molecule has 0 aliphatic carbocycles. The Morgan fingerprint density at radius 3 is 2.62 bits per heavy atom. The van der Waals surface area contributed by atoms with Gasteiger partial charge in [-0.2, -0.15) is 0 Å². The molecule has 0 saturated carbocycles. The highest BCUT2D eigenvalue weighted by atomic mass is 32.1. The lowest BCUT2D eigenvalue weighted by atomic mass is 10.2. The zero-order chi connectivity index (χ0) is 14.9. The van der Waals surface area contributed by atoms with Crippen LogP contribution in [0, 0.1) is 0 Å². The van der Waals surface area contributed by atoms with E-state index in [1.165, 1.54) is 23.3 Å². The van der Waals surface area contributed by atoms with Gasteiger partial charge in [0, 0.05) is 17.5 Å². The first-order chi connectivity index (χ1) is 10.3. The molecule has 0 fully saturated rings. The van der Waals surface area contributed by atoms with Crippen LogP contribution in [0.4, 0.5) is 0 Å². The summed E-state index contributed by atoms with van der Waals surface area (Å²) in [5.41, 5.74) is 1.29. The molecule has 0 spiro atoms. The molecule has 0 unspecified atom stereocenters. The second kappa shape index (κ2) is 8.85. The van der Waals surface area contributed by atoms with E-state index >= 15 is 0 Å². The summed E-state index contributed by atoms with van der Waals surface area (Å²) in [5, 5.41) is 5.67. The van der Waals surface area contributed by atoms with Crippen LogP contribution in [0.25, 0.3) is 0 Å². The highest BCUT2D eigenvalue weighted by molar-refractivity contribution is 7.10. The van der Waals surface area contributed by atoms with Crippen LogP contribution in [0.2, 0.25) is 0 Å². The van der Waals surface area contributed by atoms with Crippen LogP contribution in [0.5, 0.6) is 5.75 Å². The number of unbranched alkanes of at least 4 members (excludes halogenated alkanes) is 2. The quantitative estimate of drug-likeness (QED) is 0.645. The van der Waals surface area contributed by atoms with Crippen molar-refractivity contribution in [1.82, 2.24) is 5.32 Å².